The van der Waals surface area contributed by atoms with Crippen LogP contribution in [0, 0.1) is 27.7 Å². The number of ether oxygens (including phenoxy) is 1. The van der Waals surface area contributed by atoms with Gasteiger partial charge in [-0.3, -0.25) is 49.4 Å². The topological polar surface area (TPSA) is 293 Å². The molecule has 0 atom stereocenters. The lowest BCUT2D eigenvalue weighted by Gasteiger charge is -2.26. The van der Waals surface area contributed by atoms with E-state index in [0.29, 0.717) is 84.5 Å². The molecule has 2 aromatic carbocycles. The lowest BCUT2D eigenvalue weighted by atomic mass is 10.2. The number of aryl methyl sites for hydroxylation is 4. The Labute approximate surface area is 427 Å². The fourth-order valence-electron chi connectivity index (χ4n) is 7.15. The van der Waals surface area contributed by atoms with Gasteiger partial charge in [0, 0.05) is 78.8 Å². The van der Waals surface area contributed by atoms with E-state index in [-0.39, 0.29) is 44.0 Å². The van der Waals surface area contributed by atoms with Gasteiger partial charge >= 0.3 is 23.6 Å². The summed E-state index contributed by atoms with van der Waals surface area (Å²) < 4.78 is 8.69. The van der Waals surface area contributed by atoms with Crippen molar-refractivity contribution in [1.29, 1.82) is 0 Å². The number of nitrogens with one attached hydrogen (secondary N) is 8. The first-order valence-corrected chi connectivity index (χ1v) is 24.7. The molecule has 73 heavy (non-hydrogen) atoms. The Morgan fingerprint density at radius 3 is 2.29 bits per heavy atom. The summed E-state index contributed by atoms with van der Waals surface area (Å²) in [6.45, 7) is 12.4. The molecule has 2 aromatic heterocycles. The third-order valence-electron chi connectivity index (χ3n) is 10.6. The van der Waals surface area contributed by atoms with Gasteiger partial charge in [-0.1, -0.05) is 0 Å². The Balaban J connectivity index is 0.958. The van der Waals surface area contributed by atoms with E-state index >= 15 is 0 Å². The minimum atomic E-state index is -0.982. The maximum Gasteiger partial charge on any atom is 0.353 e. The number of pyridine rings is 2. The molecule has 0 saturated carbocycles. The lowest BCUT2D eigenvalue weighted by Crippen LogP contribution is -2.43. The van der Waals surface area contributed by atoms with Crippen LogP contribution in [-0.4, -0.2) is 128 Å². The number of hydrogen-bond acceptors (Lipinski definition) is 16. The van der Waals surface area contributed by atoms with Crippen molar-refractivity contribution in [2.24, 2.45) is 10.2 Å². The Hall–Kier alpha value is -7.35. The normalized spacial score (nSPS) is 12.8. The fourth-order valence-corrected chi connectivity index (χ4v) is 7.83. The summed E-state index contributed by atoms with van der Waals surface area (Å²) >= 11 is 1.64. The molecule has 5 rings (SSSR count). The van der Waals surface area contributed by atoms with Crippen LogP contribution in [0.3, 0.4) is 0 Å². The summed E-state index contributed by atoms with van der Waals surface area (Å²) in [6.07, 6.45) is 9.27. The van der Waals surface area contributed by atoms with E-state index in [9.17, 15) is 33.9 Å². The average molecular weight is 1030 g/mol. The molecule has 0 aliphatic carbocycles. The molecule has 0 spiro atoms. The fraction of sp³-hybridized carbons (Fsp3) is 0.388. The van der Waals surface area contributed by atoms with Crippen molar-refractivity contribution in [2.75, 3.05) is 93.2 Å². The molecule has 0 bridgehead atoms. The number of hydrogen-bond donors (Lipinski definition) is 10. The summed E-state index contributed by atoms with van der Waals surface area (Å²) in [5, 5.41) is 40.6. The summed E-state index contributed by atoms with van der Waals surface area (Å²) in [7, 11) is 0. The summed E-state index contributed by atoms with van der Waals surface area (Å²) in [5.74, 6) is -2.94. The molecule has 0 radical (unpaired) electrons. The van der Waals surface area contributed by atoms with E-state index in [1.54, 1.807) is 89.6 Å². The number of thioether (sulfide) groups is 1. The van der Waals surface area contributed by atoms with Crippen molar-refractivity contribution < 1.29 is 57.7 Å². The van der Waals surface area contributed by atoms with Gasteiger partial charge in [0.2, 0.25) is 12.7 Å². The van der Waals surface area contributed by atoms with Gasteiger partial charge in [0.15, 0.2) is 24.8 Å². The van der Waals surface area contributed by atoms with Crippen molar-refractivity contribution in [1.82, 2.24) is 31.8 Å². The minimum absolute atomic E-state index is 0.0469. The van der Waals surface area contributed by atoms with E-state index in [2.05, 4.69) is 58.0 Å². The number of aliphatic hydroxyl groups is 2. The highest BCUT2D eigenvalue weighted by Crippen LogP contribution is 2.24. The van der Waals surface area contributed by atoms with E-state index < -0.39 is 23.6 Å². The standard InChI is InChI=1S/C49H63N13O10S/c1-33-22-37(28-61(26-33)30-43(64)54-39-6-8-41(35(3)24-39)56-58-48(69)46(67)50-10-5-14-60-15-18-71-19-16-60)32-72-53-13-21-73-20-12-52-45(66)38-23-34(2)27-62(29-38)31-44(65)55-40-7-9-42(36(4)25-40)57-59-49(70)47(68)51-11-17-63/h6-9,22-30,53,63H,5,10-21,31-32H2,1-4H3,(H6-2,50,51,52,54,55,56,57,58,59,64,65,66,67,68,69,70)/p+2. The molecule has 6 amide bonds. The quantitative estimate of drug-likeness (QED) is 0.0113. The van der Waals surface area contributed by atoms with Gasteiger partial charge in [-0.25, -0.2) is 5.48 Å². The van der Waals surface area contributed by atoms with Crippen LogP contribution in [0.1, 0.15) is 44.6 Å². The molecular formula is C49H65N13O10S+2. The van der Waals surface area contributed by atoms with Gasteiger partial charge in [-0.2, -0.15) is 20.9 Å². The molecule has 1 saturated heterocycles. The van der Waals surface area contributed by atoms with Gasteiger partial charge < -0.3 is 41.5 Å². The zero-order chi connectivity index (χ0) is 52.5. The lowest BCUT2D eigenvalue weighted by molar-refractivity contribution is -0.684. The Bertz CT molecular complexity index is 2630. The molecule has 1 fully saturated rings. The number of aliphatic hydroxyl groups excluding tert-OH is 2. The van der Waals surface area contributed by atoms with Crippen molar-refractivity contribution >= 4 is 76.2 Å². The van der Waals surface area contributed by atoms with Gasteiger partial charge in [0.05, 0.1) is 37.8 Å². The summed E-state index contributed by atoms with van der Waals surface area (Å²) in [6, 6.07) is 13.7. The van der Waals surface area contributed by atoms with Crippen molar-refractivity contribution in [2.45, 2.75) is 47.3 Å². The van der Waals surface area contributed by atoms with E-state index in [1.807, 2.05) is 32.3 Å². The van der Waals surface area contributed by atoms with E-state index in [1.165, 1.54) is 6.20 Å². The number of nitrogens with zero attached hydrogens (tertiary/aromatic N) is 5. The molecule has 0 unspecified atom stereocenters. The number of hydroxylamine groups is 1. The first-order chi connectivity index (χ1) is 35.1. The second kappa shape index (κ2) is 29.9. The monoisotopic (exact) mass is 1030 g/mol. The van der Waals surface area contributed by atoms with Gasteiger partial charge in [0.1, 0.15) is 5.56 Å². The van der Waals surface area contributed by atoms with Crippen molar-refractivity contribution in [3.05, 3.63) is 113 Å². The number of morpholine rings is 1. The van der Waals surface area contributed by atoms with Crippen LogP contribution in [0.2, 0.25) is 0 Å². The molecular weight excluding hydrogens is 963 g/mol. The highest BCUT2D eigenvalue weighted by atomic mass is 32.2. The van der Waals surface area contributed by atoms with Crippen molar-refractivity contribution in [3.63, 3.8) is 0 Å². The van der Waals surface area contributed by atoms with Crippen LogP contribution >= 0.6 is 11.8 Å². The highest BCUT2D eigenvalue weighted by Gasteiger charge is 2.18. The molecule has 4 aromatic rings. The first-order valence-electron chi connectivity index (χ1n) is 23.6. The molecule has 3 heterocycles. The van der Waals surface area contributed by atoms with Crippen LogP contribution in [-0.2, 0) is 46.7 Å². The molecule has 24 heteroatoms. The molecule has 390 valence electrons. The second-order valence-electron chi connectivity index (χ2n) is 16.8. The maximum atomic E-state index is 13.0. The second-order valence-corrected chi connectivity index (χ2v) is 18.1. The SMILES string of the molecule is Cc1cc(CONCCSCCNC(=O)c2cc(C)c[n+](CC(=O)Nc3ccc(NNC(=O)C(=O)NCCO)c(C)c3)c2)c[n+](C=C(O)Nc2ccc(N=NC(=O)C(=O)NCCCN3CCOCC3)c(C)c2)c1. The predicted molar refractivity (Wildman–Crippen MR) is 273 cm³/mol. The zero-order valence-electron chi connectivity index (χ0n) is 41.4. The Morgan fingerprint density at radius 2 is 1.52 bits per heavy atom. The van der Waals surface area contributed by atoms with Gasteiger partial charge in [-0.05, 0) is 100 Å². The number of benzene rings is 2. The number of hydrazine groups is 1. The highest BCUT2D eigenvalue weighted by molar-refractivity contribution is 7.99. The predicted octanol–water partition coefficient (Wildman–Crippen LogP) is 1.74. The van der Waals surface area contributed by atoms with Crippen LogP contribution in [0.4, 0.5) is 22.7 Å². The Morgan fingerprint density at radius 1 is 0.795 bits per heavy atom. The first kappa shape index (κ1) is 56.6. The summed E-state index contributed by atoms with van der Waals surface area (Å²) in [5.41, 5.74) is 14.3. The van der Waals surface area contributed by atoms with Crippen LogP contribution in [0.15, 0.2) is 89.4 Å². The van der Waals surface area contributed by atoms with E-state index in [4.69, 9.17) is 14.7 Å². The van der Waals surface area contributed by atoms with Gasteiger partial charge in [-0.15, -0.1) is 10.2 Å². The van der Waals surface area contributed by atoms with Crippen LogP contribution in [0.5, 0.6) is 0 Å². The number of rotatable bonds is 25. The zero-order valence-corrected chi connectivity index (χ0v) is 42.2. The largest absolute Gasteiger partial charge is 0.490 e. The third kappa shape index (κ3) is 20.4. The van der Waals surface area contributed by atoms with Crippen LogP contribution in [0.25, 0.3) is 6.20 Å². The minimum Gasteiger partial charge on any atom is -0.490 e. The number of carbonyl (C=O) groups excluding carboxylic acids is 6. The van der Waals surface area contributed by atoms with Crippen LogP contribution < -0.4 is 52.0 Å². The molecule has 1 aliphatic rings. The Kier molecular flexibility index (Phi) is 23.1. The smallest absolute Gasteiger partial charge is 0.353 e. The third-order valence-corrected chi connectivity index (χ3v) is 11.6. The average Bonchev–Trinajstić information content (AvgIpc) is 3.35. The number of carbonyl (C=O) groups is 6. The number of aromatic nitrogens is 2. The maximum absolute atomic E-state index is 13.0. The number of anilines is 3. The number of amides is 6. The summed E-state index contributed by atoms with van der Waals surface area (Å²) in [4.78, 5) is 82.0. The van der Waals surface area contributed by atoms with Gasteiger partial charge in [0.25, 0.3) is 17.7 Å². The number of azo groups is 1. The molecule has 1 aliphatic heterocycles. The molecule has 10 N–H and O–H groups in total. The van der Waals surface area contributed by atoms with E-state index in [0.717, 1.165) is 42.1 Å². The molecule has 23 nitrogen and oxygen atoms in total. The van der Waals surface area contributed by atoms with Crippen molar-refractivity contribution in [3.8, 4) is 0 Å².